The second-order valence-electron chi connectivity index (χ2n) is 4.30. The molecule has 9 heteroatoms. The van der Waals surface area contributed by atoms with E-state index in [1.165, 1.54) is 24.3 Å². The molecule has 0 aliphatic rings. The highest BCUT2D eigenvalue weighted by Crippen LogP contribution is 2.13. The van der Waals surface area contributed by atoms with Gasteiger partial charge in [-0.05, 0) is 52.3 Å². The summed E-state index contributed by atoms with van der Waals surface area (Å²) in [5, 5.41) is 2.32. The van der Waals surface area contributed by atoms with Gasteiger partial charge in [-0.3, -0.25) is 25.2 Å². The summed E-state index contributed by atoms with van der Waals surface area (Å²) >= 11 is 3.05. The minimum absolute atomic E-state index is 0.0417. The molecular weight excluding hydrogens is 373 g/mol. The maximum Gasteiger partial charge on any atom is 0.287 e. The van der Waals surface area contributed by atoms with Gasteiger partial charge in [0.1, 0.15) is 5.82 Å². The van der Waals surface area contributed by atoms with Gasteiger partial charge in [0, 0.05) is 5.56 Å². The van der Waals surface area contributed by atoms with E-state index in [2.05, 4.69) is 32.1 Å². The number of carbonyl (C=O) groups is 3. The molecule has 3 amide bonds. The van der Waals surface area contributed by atoms with Crippen molar-refractivity contribution in [3.8, 4) is 0 Å². The molecule has 2 rings (SSSR count). The molecular formula is C14H11BrFN3O4. The van der Waals surface area contributed by atoms with Gasteiger partial charge in [-0.2, -0.15) is 0 Å². The fourth-order valence-electron chi connectivity index (χ4n) is 1.53. The number of hydrogen-bond donors (Lipinski definition) is 3. The normalized spacial score (nSPS) is 10.0. The SMILES string of the molecule is O=C(CNC(=O)c1ccc(Br)o1)NNC(=O)c1ccc(F)cc1. The lowest BCUT2D eigenvalue weighted by Crippen LogP contribution is -2.46. The third-order valence-electron chi connectivity index (χ3n) is 2.63. The molecule has 1 aromatic carbocycles. The van der Waals surface area contributed by atoms with Crippen molar-refractivity contribution >= 4 is 33.7 Å². The highest BCUT2D eigenvalue weighted by Gasteiger charge is 2.12. The third-order valence-corrected chi connectivity index (χ3v) is 3.05. The summed E-state index contributed by atoms with van der Waals surface area (Å²) in [7, 11) is 0. The maximum absolute atomic E-state index is 12.7. The van der Waals surface area contributed by atoms with Crippen molar-refractivity contribution in [1.82, 2.24) is 16.2 Å². The van der Waals surface area contributed by atoms with E-state index in [1.54, 1.807) is 0 Å². The molecule has 120 valence electrons. The van der Waals surface area contributed by atoms with Crippen LogP contribution in [0.5, 0.6) is 0 Å². The fourth-order valence-corrected chi connectivity index (χ4v) is 1.83. The molecule has 0 spiro atoms. The predicted octanol–water partition coefficient (Wildman–Crippen LogP) is 1.37. The van der Waals surface area contributed by atoms with E-state index >= 15 is 0 Å². The van der Waals surface area contributed by atoms with E-state index in [9.17, 15) is 18.8 Å². The van der Waals surface area contributed by atoms with Crippen LogP contribution in [0.1, 0.15) is 20.9 Å². The average Bonchev–Trinajstić information content (AvgIpc) is 2.97. The Bertz CT molecular complexity index is 730. The van der Waals surface area contributed by atoms with Gasteiger partial charge in [0.05, 0.1) is 6.54 Å². The molecule has 0 atom stereocenters. The van der Waals surface area contributed by atoms with Crippen molar-refractivity contribution in [2.24, 2.45) is 0 Å². The van der Waals surface area contributed by atoms with Gasteiger partial charge >= 0.3 is 0 Å². The smallest absolute Gasteiger partial charge is 0.287 e. The first-order valence-corrected chi connectivity index (χ1v) is 7.13. The molecule has 0 radical (unpaired) electrons. The lowest BCUT2D eigenvalue weighted by Gasteiger charge is -2.07. The van der Waals surface area contributed by atoms with Crippen LogP contribution in [-0.4, -0.2) is 24.3 Å². The summed E-state index contributed by atoms with van der Waals surface area (Å²) in [6, 6.07) is 7.77. The standard InChI is InChI=1S/C14H11BrFN3O4/c15-11-6-5-10(23-11)14(22)17-7-12(20)18-19-13(21)8-1-3-9(16)4-2-8/h1-6H,7H2,(H,17,22)(H,18,20)(H,19,21). The molecule has 0 saturated heterocycles. The van der Waals surface area contributed by atoms with E-state index in [1.807, 2.05) is 0 Å². The summed E-state index contributed by atoms with van der Waals surface area (Å²) in [5.41, 5.74) is 4.44. The minimum Gasteiger partial charge on any atom is -0.444 e. The van der Waals surface area contributed by atoms with Crippen LogP contribution in [0.3, 0.4) is 0 Å². The van der Waals surface area contributed by atoms with E-state index < -0.39 is 23.5 Å². The Morgan fingerprint density at radius 2 is 1.70 bits per heavy atom. The van der Waals surface area contributed by atoms with E-state index in [0.717, 1.165) is 12.1 Å². The largest absolute Gasteiger partial charge is 0.444 e. The Kier molecular flexibility index (Phi) is 5.47. The second kappa shape index (κ2) is 7.54. The van der Waals surface area contributed by atoms with E-state index in [4.69, 9.17) is 4.42 Å². The summed E-state index contributed by atoms with van der Waals surface area (Å²) in [5.74, 6) is -2.26. The number of carbonyl (C=O) groups excluding carboxylic acids is 3. The molecule has 3 N–H and O–H groups in total. The second-order valence-corrected chi connectivity index (χ2v) is 5.08. The van der Waals surface area contributed by atoms with Crippen LogP contribution in [-0.2, 0) is 4.79 Å². The summed E-state index contributed by atoms with van der Waals surface area (Å²) in [6.45, 7) is -0.360. The first-order chi connectivity index (χ1) is 11.0. The van der Waals surface area contributed by atoms with Gasteiger partial charge < -0.3 is 9.73 Å². The van der Waals surface area contributed by atoms with Gasteiger partial charge in [0.2, 0.25) is 0 Å². The Labute approximate surface area is 138 Å². The molecule has 1 heterocycles. The van der Waals surface area contributed by atoms with Crippen LogP contribution in [0, 0.1) is 5.82 Å². The lowest BCUT2D eigenvalue weighted by molar-refractivity contribution is -0.120. The van der Waals surface area contributed by atoms with Crippen LogP contribution < -0.4 is 16.2 Å². The molecule has 0 unspecified atom stereocenters. The predicted molar refractivity (Wildman–Crippen MR) is 80.8 cm³/mol. The number of benzene rings is 1. The monoisotopic (exact) mass is 383 g/mol. The topological polar surface area (TPSA) is 100 Å². The molecule has 1 aromatic heterocycles. The molecule has 0 bridgehead atoms. The summed E-state index contributed by atoms with van der Waals surface area (Å²) < 4.78 is 18.1. The van der Waals surface area contributed by atoms with Crippen LogP contribution in [0.15, 0.2) is 45.5 Å². The average molecular weight is 384 g/mol. The molecule has 7 nitrogen and oxygen atoms in total. The number of hydrazine groups is 1. The molecule has 0 fully saturated rings. The molecule has 23 heavy (non-hydrogen) atoms. The quantitative estimate of drug-likeness (QED) is 0.694. The molecule has 0 aliphatic carbocycles. The zero-order chi connectivity index (χ0) is 16.8. The number of hydrogen-bond acceptors (Lipinski definition) is 4. The molecule has 0 aliphatic heterocycles. The first kappa shape index (κ1) is 16.7. The Morgan fingerprint density at radius 3 is 2.30 bits per heavy atom. The number of amides is 3. The van der Waals surface area contributed by atoms with Gasteiger partial charge in [-0.15, -0.1) is 0 Å². The first-order valence-electron chi connectivity index (χ1n) is 6.34. The van der Waals surface area contributed by atoms with Crippen LogP contribution >= 0.6 is 15.9 Å². The maximum atomic E-state index is 12.7. The molecule has 0 saturated carbocycles. The Hall–Kier alpha value is -2.68. The zero-order valence-corrected chi connectivity index (χ0v) is 13.1. The van der Waals surface area contributed by atoms with Crippen molar-refractivity contribution in [3.63, 3.8) is 0 Å². The summed E-state index contributed by atoms with van der Waals surface area (Å²) in [6.07, 6.45) is 0. The van der Waals surface area contributed by atoms with Gasteiger partial charge in [-0.1, -0.05) is 0 Å². The highest BCUT2D eigenvalue weighted by atomic mass is 79.9. The number of nitrogens with one attached hydrogen (secondary N) is 3. The highest BCUT2D eigenvalue weighted by molar-refractivity contribution is 9.10. The van der Waals surface area contributed by atoms with Crippen LogP contribution in [0.2, 0.25) is 0 Å². The number of furan rings is 1. The van der Waals surface area contributed by atoms with Crippen LogP contribution in [0.25, 0.3) is 0 Å². The minimum atomic E-state index is -0.639. The number of rotatable bonds is 4. The molecule has 2 aromatic rings. The van der Waals surface area contributed by atoms with Crippen LogP contribution in [0.4, 0.5) is 4.39 Å². The fraction of sp³-hybridized carbons (Fsp3) is 0.0714. The Balaban J connectivity index is 1.75. The van der Waals surface area contributed by atoms with Crippen molar-refractivity contribution in [2.75, 3.05) is 6.54 Å². The zero-order valence-electron chi connectivity index (χ0n) is 11.6. The van der Waals surface area contributed by atoms with Crippen molar-refractivity contribution in [2.45, 2.75) is 0 Å². The van der Waals surface area contributed by atoms with E-state index in [-0.39, 0.29) is 17.9 Å². The van der Waals surface area contributed by atoms with Gasteiger partial charge in [0.15, 0.2) is 10.4 Å². The third kappa shape index (κ3) is 4.92. The van der Waals surface area contributed by atoms with Gasteiger partial charge in [-0.25, -0.2) is 4.39 Å². The summed E-state index contributed by atoms with van der Waals surface area (Å²) in [4.78, 5) is 34.8. The van der Waals surface area contributed by atoms with Crippen molar-refractivity contribution in [1.29, 1.82) is 0 Å². The van der Waals surface area contributed by atoms with Crippen molar-refractivity contribution in [3.05, 3.63) is 58.2 Å². The van der Waals surface area contributed by atoms with E-state index in [0.29, 0.717) is 4.67 Å². The van der Waals surface area contributed by atoms with Crippen molar-refractivity contribution < 1.29 is 23.2 Å². The van der Waals surface area contributed by atoms with Gasteiger partial charge in [0.25, 0.3) is 17.7 Å². The lowest BCUT2D eigenvalue weighted by atomic mass is 10.2. The Morgan fingerprint density at radius 1 is 1.00 bits per heavy atom. The number of halogens is 2.